The van der Waals surface area contributed by atoms with E-state index in [1.165, 1.54) is 60.7 Å². The van der Waals surface area contributed by atoms with Crippen molar-refractivity contribution in [1.82, 2.24) is 0 Å². The fraction of sp³-hybridized carbons (Fsp3) is 0.328. The van der Waals surface area contributed by atoms with Crippen LogP contribution in [0.2, 0.25) is 0 Å². The highest BCUT2D eigenvalue weighted by molar-refractivity contribution is 5.95. The number of hydrogen-bond donors (Lipinski definition) is 0. The molecular formula is C61H64FNO14. The molecule has 0 spiro atoms. The molecule has 0 unspecified atom stereocenters. The third kappa shape index (κ3) is 21.3. The van der Waals surface area contributed by atoms with E-state index in [-0.39, 0.29) is 45.7 Å². The highest BCUT2D eigenvalue weighted by atomic mass is 19.1. The molecule has 77 heavy (non-hydrogen) atoms. The summed E-state index contributed by atoms with van der Waals surface area (Å²) in [6.45, 7) is 8.68. The molecule has 0 aromatic heterocycles. The molecule has 0 saturated heterocycles. The van der Waals surface area contributed by atoms with Crippen molar-refractivity contribution < 1.29 is 71.1 Å². The maximum Gasteiger partial charge on any atom is 0.343 e. The molecule has 5 rings (SSSR count). The first kappa shape index (κ1) is 59.3. The Morgan fingerprint density at radius 1 is 0.403 bits per heavy atom. The number of nitrogens with zero attached hydrogens (tertiary/aromatic N) is 1. The second kappa shape index (κ2) is 33.4. The van der Waals surface area contributed by atoms with E-state index in [1.54, 1.807) is 54.6 Å². The first-order valence-corrected chi connectivity index (χ1v) is 25.8. The molecule has 0 aliphatic carbocycles. The van der Waals surface area contributed by atoms with Crippen LogP contribution in [0.3, 0.4) is 0 Å². The van der Waals surface area contributed by atoms with E-state index in [2.05, 4.69) is 13.2 Å². The molecule has 0 saturated carbocycles. The standard InChI is InChI=1S/C61H64FNO14/c1-3-54(64)72-41-19-15-11-7-5-9-13-17-39-70-49-30-21-44(22-31-49)58(66)74-51-34-25-46(26-35-51)60(68)76-53-38-29-48(43-63)56(62)57(53)77-61(69)47-27-36-52(37-28-47)75-59(67)45-23-32-50(33-24-45)71-40-18-14-10-6-8-12-16-20-42-73-55(65)4-2/h3-4,21-38H,1-2,5-20,39-42H2. The summed E-state index contributed by atoms with van der Waals surface area (Å²) < 4.78 is 58.9. The molecule has 0 amide bonds. The van der Waals surface area contributed by atoms with Gasteiger partial charge in [-0.1, -0.05) is 90.2 Å². The van der Waals surface area contributed by atoms with Gasteiger partial charge in [-0.2, -0.15) is 5.26 Å². The van der Waals surface area contributed by atoms with Crippen LogP contribution in [0.1, 0.15) is 150 Å². The molecule has 0 aliphatic rings. The zero-order valence-electron chi connectivity index (χ0n) is 43.1. The summed E-state index contributed by atoms with van der Waals surface area (Å²) in [6.07, 6.45) is 18.8. The van der Waals surface area contributed by atoms with Crippen LogP contribution < -0.4 is 28.4 Å². The summed E-state index contributed by atoms with van der Waals surface area (Å²) in [5, 5.41) is 9.48. The zero-order chi connectivity index (χ0) is 55.0. The number of unbranched alkanes of at least 4 members (excludes halogenated alkanes) is 14. The summed E-state index contributed by atoms with van der Waals surface area (Å²) in [4.78, 5) is 74.4. The Bertz CT molecular complexity index is 2770. The molecule has 0 N–H and O–H groups in total. The van der Waals surface area contributed by atoms with E-state index in [1.807, 2.05) is 0 Å². The van der Waals surface area contributed by atoms with Gasteiger partial charge in [0, 0.05) is 12.2 Å². The second-order valence-corrected chi connectivity index (χ2v) is 17.6. The molecule has 0 radical (unpaired) electrons. The van der Waals surface area contributed by atoms with Crippen LogP contribution in [-0.4, -0.2) is 62.2 Å². The Hall–Kier alpha value is -8.58. The molecule has 0 atom stereocenters. The van der Waals surface area contributed by atoms with Crippen molar-refractivity contribution in [2.45, 2.75) is 103 Å². The maximum absolute atomic E-state index is 15.5. The van der Waals surface area contributed by atoms with Crippen molar-refractivity contribution in [1.29, 1.82) is 5.26 Å². The summed E-state index contributed by atoms with van der Waals surface area (Å²) in [6, 6.07) is 27.5. The Morgan fingerprint density at radius 2 is 0.714 bits per heavy atom. The fourth-order valence-corrected chi connectivity index (χ4v) is 7.51. The summed E-state index contributed by atoms with van der Waals surface area (Å²) in [5.74, 6) is -5.20. The van der Waals surface area contributed by atoms with E-state index < -0.39 is 46.8 Å². The van der Waals surface area contributed by atoms with Gasteiger partial charge in [0.05, 0.1) is 54.2 Å². The van der Waals surface area contributed by atoms with Gasteiger partial charge >= 0.3 is 35.8 Å². The minimum absolute atomic E-state index is 0.0203. The Morgan fingerprint density at radius 3 is 1.06 bits per heavy atom. The first-order chi connectivity index (χ1) is 37.5. The highest BCUT2D eigenvalue weighted by Gasteiger charge is 2.24. The van der Waals surface area contributed by atoms with E-state index in [9.17, 15) is 34.0 Å². The zero-order valence-corrected chi connectivity index (χ0v) is 43.1. The molecule has 0 bridgehead atoms. The lowest BCUT2D eigenvalue weighted by molar-refractivity contribution is -0.138. The first-order valence-electron chi connectivity index (χ1n) is 25.8. The predicted molar refractivity (Wildman–Crippen MR) is 284 cm³/mol. The van der Waals surface area contributed by atoms with Crippen LogP contribution in [-0.2, 0) is 19.1 Å². The molecule has 0 heterocycles. The van der Waals surface area contributed by atoms with Crippen molar-refractivity contribution in [3.8, 4) is 40.6 Å². The average Bonchev–Trinajstić information content (AvgIpc) is 3.45. The molecule has 0 aliphatic heterocycles. The lowest BCUT2D eigenvalue weighted by atomic mass is 10.1. The van der Waals surface area contributed by atoms with Gasteiger partial charge in [-0.25, -0.2) is 33.2 Å². The molecule has 0 fully saturated rings. The van der Waals surface area contributed by atoms with Crippen molar-refractivity contribution in [2.24, 2.45) is 0 Å². The quantitative estimate of drug-likeness (QED) is 0.0163. The third-order valence-corrected chi connectivity index (χ3v) is 11.8. The van der Waals surface area contributed by atoms with Gasteiger partial charge in [0.1, 0.15) is 29.1 Å². The fourth-order valence-electron chi connectivity index (χ4n) is 7.51. The minimum atomic E-state index is -1.24. The van der Waals surface area contributed by atoms with Gasteiger partial charge in [-0.05, 0) is 135 Å². The van der Waals surface area contributed by atoms with Crippen LogP contribution in [0.5, 0.6) is 34.5 Å². The van der Waals surface area contributed by atoms with E-state index >= 15 is 4.39 Å². The van der Waals surface area contributed by atoms with E-state index in [0.29, 0.717) is 37.9 Å². The number of esters is 6. The molecule has 15 nitrogen and oxygen atoms in total. The van der Waals surface area contributed by atoms with Gasteiger partial charge in [-0.3, -0.25) is 0 Å². The average molecular weight is 1050 g/mol. The minimum Gasteiger partial charge on any atom is -0.494 e. The number of ether oxygens (including phenoxy) is 8. The van der Waals surface area contributed by atoms with E-state index in [4.69, 9.17) is 37.9 Å². The Kier molecular flexibility index (Phi) is 25.7. The van der Waals surface area contributed by atoms with Gasteiger partial charge in [0.25, 0.3) is 0 Å². The maximum atomic E-state index is 15.5. The number of carbonyl (C=O) groups excluding carboxylic acids is 6. The largest absolute Gasteiger partial charge is 0.494 e. The van der Waals surface area contributed by atoms with Crippen LogP contribution >= 0.6 is 0 Å². The van der Waals surface area contributed by atoms with E-state index in [0.717, 1.165) is 115 Å². The van der Waals surface area contributed by atoms with Crippen molar-refractivity contribution >= 4 is 35.8 Å². The van der Waals surface area contributed by atoms with Crippen LogP contribution in [0.15, 0.2) is 135 Å². The SMILES string of the molecule is C=CC(=O)OCCCCCCCCCCOc1ccc(C(=O)Oc2ccc(C(=O)Oc3ccc(C#N)c(F)c3OC(=O)c3ccc(OC(=O)c4ccc(OCCCCCCCCCCOC(=O)C=C)cc4)cc3)cc2)cc1. The smallest absolute Gasteiger partial charge is 0.343 e. The van der Waals surface area contributed by atoms with Crippen molar-refractivity contribution in [2.75, 3.05) is 26.4 Å². The number of benzene rings is 5. The molecule has 5 aromatic rings. The normalized spacial score (nSPS) is 10.5. The highest BCUT2D eigenvalue weighted by Crippen LogP contribution is 2.34. The number of carbonyl (C=O) groups is 6. The lowest BCUT2D eigenvalue weighted by Gasteiger charge is -2.13. The molecule has 16 heteroatoms. The Labute approximate surface area is 448 Å². The van der Waals surface area contributed by atoms with Crippen LogP contribution in [0.4, 0.5) is 4.39 Å². The topological polar surface area (TPSA) is 200 Å². The summed E-state index contributed by atoms with van der Waals surface area (Å²) in [7, 11) is 0. The Balaban J connectivity index is 1.01. The predicted octanol–water partition coefficient (Wildman–Crippen LogP) is 13.0. The van der Waals surface area contributed by atoms with Gasteiger partial charge < -0.3 is 37.9 Å². The van der Waals surface area contributed by atoms with Gasteiger partial charge in [-0.15, -0.1) is 0 Å². The molecular weight excluding hydrogens is 990 g/mol. The van der Waals surface area contributed by atoms with Crippen molar-refractivity contribution in [3.05, 3.63) is 168 Å². The van der Waals surface area contributed by atoms with Crippen molar-refractivity contribution in [3.63, 3.8) is 0 Å². The summed E-state index contributed by atoms with van der Waals surface area (Å²) in [5.41, 5.74) is -0.0406. The monoisotopic (exact) mass is 1050 g/mol. The number of nitriles is 1. The molecule has 5 aromatic carbocycles. The van der Waals surface area contributed by atoms with Crippen LogP contribution in [0.25, 0.3) is 0 Å². The number of rotatable bonds is 34. The van der Waals surface area contributed by atoms with Gasteiger partial charge in [0.2, 0.25) is 5.75 Å². The number of hydrogen-bond acceptors (Lipinski definition) is 15. The third-order valence-electron chi connectivity index (χ3n) is 11.8. The number of halogens is 1. The second-order valence-electron chi connectivity index (χ2n) is 17.6. The van der Waals surface area contributed by atoms with Gasteiger partial charge in [0.15, 0.2) is 11.6 Å². The lowest BCUT2D eigenvalue weighted by Crippen LogP contribution is -2.14. The molecule has 404 valence electrons. The van der Waals surface area contributed by atoms with Crippen LogP contribution in [0, 0.1) is 17.1 Å². The summed E-state index contributed by atoms with van der Waals surface area (Å²) >= 11 is 0.